The number of amides is 1. The van der Waals surface area contributed by atoms with Gasteiger partial charge in [-0.1, -0.05) is 23.7 Å². The Morgan fingerprint density at radius 3 is 2.52 bits per heavy atom. The predicted octanol–water partition coefficient (Wildman–Crippen LogP) is 2.70. The molecule has 6 heteroatoms. The molecule has 1 aliphatic rings. The van der Waals surface area contributed by atoms with Gasteiger partial charge < -0.3 is 10.6 Å². The van der Waals surface area contributed by atoms with Crippen LogP contribution in [0.1, 0.15) is 24.8 Å². The Kier molecular flexibility index (Phi) is 9.56. The first kappa shape index (κ1) is 20.2. The van der Waals surface area contributed by atoms with Gasteiger partial charge in [-0.3, -0.25) is 9.69 Å². The summed E-state index contributed by atoms with van der Waals surface area (Å²) in [6.07, 6.45) is 3.64. The zero-order valence-corrected chi connectivity index (χ0v) is 15.3. The number of hydrogen-bond donors (Lipinski definition) is 2. The maximum Gasteiger partial charge on any atom is 0.234 e. The molecular formula is C17H27Cl2N3O. The molecule has 1 amide bonds. The molecule has 0 unspecified atom stereocenters. The molecule has 0 aliphatic carbocycles. The van der Waals surface area contributed by atoms with Crippen LogP contribution in [0, 0.1) is 5.92 Å². The molecule has 2 N–H and O–H groups in total. The van der Waals surface area contributed by atoms with E-state index in [1.165, 1.54) is 19.3 Å². The van der Waals surface area contributed by atoms with Crippen LogP contribution in [0.25, 0.3) is 0 Å². The lowest BCUT2D eigenvalue weighted by atomic mass is 9.93. The smallest absolute Gasteiger partial charge is 0.234 e. The van der Waals surface area contributed by atoms with Crippen molar-refractivity contribution in [3.8, 4) is 0 Å². The second kappa shape index (κ2) is 10.9. The number of piperidine rings is 1. The van der Waals surface area contributed by atoms with Crippen LogP contribution >= 0.6 is 24.0 Å². The summed E-state index contributed by atoms with van der Waals surface area (Å²) in [4.78, 5) is 14.3. The first-order valence-corrected chi connectivity index (χ1v) is 8.43. The molecule has 1 fully saturated rings. The number of halogens is 2. The molecule has 0 aromatic heterocycles. The lowest BCUT2D eigenvalue weighted by molar-refractivity contribution is -0.122. The summed E-state index contributed by atoms with van der Waals surface area (Å²) in [6, 6.07) is 7.57. The zero-order chi connectivity index (χ0) is 15.8. The lowest BCUT2D eigenvalue weighted by Crippen LogP contribution is -2.41. The molecule has 130 valence electrons. The molecule has 2 rings (SSSR count). The maximum absolute atomic E-state index is 12.0. The average Bonchev–Trinajstić information content (AvgIpc) is 2.54. The fourth-order valence-electron chi connectivity index (χ4n) is 2.84. The highest BCUT2D eigenvalue weighted by molar-refractivity contribution is 6.30. The van der Waals surface area contributed by atoms with Crippen LogP contribution in [0.15, 0.2) is 24.3 Å². The summed E-state index contributed by atoms with van der Waals surface area (Å²) >= 11 is 5.85. The van der Waals surface area contributed by atoms with Crippen molar-refractivity contribution in [2.45, 2.75) is 25.8 Å². The molecule has 0 radical (unpaired) electrons. The van der Waals surface area contributed by atoms with Crippen LogP contribution in [0.4, 0.5) is 0 Å². The normalized spacial score (nSPS) is 15.9. The molecule has 1 saturated heterocycles. The third kappa shape index (κ3) is 7.53. The predicted molar refractivity (Wildman–Crippen MR) is 98.3 cm³/mol. The van der Waals surface area contributed by atoms with Crippen LogP contribution < -0.4 is 10.6 Å². The van der Waals surface area contributed by atoms with E-state index in [0.29, 0.717) is 13.1 Å². The number of benzene rings is 1. The molecule has 0 spiro atoms. The Bertz CT molecular complexity index is 459. The van der Waals surface area contributed by atoms with Crippen molar-refractivity contribution in [2.24, 2.45) is 5.92 Å². The van der Waals surface area contributed by atoms with Crippen molar-refractivity contribution >= 4 is 29.9 Å². The van der Waals surface area contributed by atoms with Gasteiger partial charge in [0.05, 0.1) is 6.54 Å². The van der Waals surface area contributed by atoms with Crippen molar-refractivity contribution in [3.63, 3.8) is 0 Å². The molecule has 4 nitrogen and oxygen atoms in total. The summed E-state index contributed by atoms with van der Waals surface area (Å²) in [7, 11) is 2.00. The van der Waals surface area contributed by atoms with E-state index in [1.54, 1.807) is 0 Å². The van der Waals surface area contributed by atoms with Gasteiger partial charge in [-0.05, 0) is 69.6 Å². The van der Waals surface area contributed by atoms with Crippen LogP contribution in [0.5, 0.6) is 0 Å². The van der Waals surface area contributed by atoms with Gasteiger partial charge in [0.25, 0.3) is 0 Å². The summed E-state index contributed by atoms with van der Waals surface area (Å²) in [5.74, 6) is 0.907. The number of carbonyl (C=O) groups excluding carboxylic acids is 1. The maximum atomic E-state index is 12.0. The van der Waals surface area contributed by atoms with Crippen LogP contribution in [-0.4, -0.2) is 44.0 Å². The van der Waals surface area contributed by atoms with Gasteiger partial charge in [-0.25, -0.2) is 0 Å². The van der Waals surface area contributed by atoms with Crippen LogP contribution in [0.2, 0.25) is 5.02 Å². The quantitative estimate of drug-likeness (QED) is 0.786. The SMILES string of the molecule is CNCCC1CCN(CC(=O)NCc2ccc(Cl)cc2)CC1.Cl. The van der Waals surface area contributed by atoms with Gasteiger partial charge in [0.1, 0.15) is 0 Å². The van der Waals surface area contributed by atoms with E-state index in [9.17, 15) is 4.79 Å². The number of likely N-dealkylation sites (tertiary alicyclic amines) is 1. The monoisotopic (exact) mass is 359 g/mol. The van der Waals surface area contributed by atoms with Gasteiger partial charge >= 0.3 is 0 Å². The topological polar surface area (TPSA) is 44.4 Å². The summed E-state index contributed by atoms with van der Waals surface area (Å²) in [5.41, 5.74) is 1.07. The number of rotatable bonds is 7. The Morgan fingerprint density at radius 1 is 1.26 bits per heavy atom. The first-order chi connectivity index (χ1) is 10.7. The number of nitrogens with one attached hydrogen (secondary N) is 2. The van der Waals surface area contributed by atoms with Gasteiger partial charge in [0.2, 0.25) is 5.91 Å². The Morgan fingerprint density at radius 2 is 1.91 bits per heavy atom. The first-order valence-electron chi connectivity index (χ1n) is 8.05. The van der Waals surface area contributed by atoms with E-state index in [0.717, 1.165) is 36.1 Å². The minimum absolute atomic E-state index is 0. The van der Waals surface area contributed by atoms with Crippen molar-refractivity contribution < 1.29 is 4.79 Å². The molecule has 1 aliphatic heterocycles. The third-order valence-corrected chi connectivity index (χ3v) is 4.53. The van der Waals surface area contributed by atoms with Crippen molar-refractivity contribution in [1.29, 1.82) is 0 Å². The van der Waals surface area contributed by atoms with Crippen molar-refractivity contribution in [2.75, 3.05) is 33.2 Å². The molecule has 0 bridgehead atoms. The standard InChI is InChI=1S/C17H26ClN3O.ClH/c1-19-9-6-14-7-10-21(11-8-14)13-17(22)20-12-15-2-4-16(18)5-3-15;/h2-5,14,19H,6-13H2,1H3,(H,20,22);1H. The molecular weight excluding hydrogens is 333 g/mol. The average molecular weight is 360 g/mol. The van der Waals surface area contributed by atoms with Crippen molar-refractivity contribution in [3.05, 3.63) is 34.9 Å². The largest absolute Gasteiger partial charge is 0.351 e. The van der Waals surface area contributed by atoms with Gasteiger partial charge in [0.15, 0.2) is 0 Å². The Balaban J connectivity index is 0.00000264. The zero-order valence-electron chi connectivity index (χ0n) is 13.7. The number of nitrogens with zero attached hydrogens (tertiary/aromatic N) is 1. The molecule has 1 heterocycles. The van der Waals surface area contributed by atoms with E-state index in [1.807, 2.05) is 31.3 Å². The second-order valence-electron chi connectivity index (χ2n) is 6.01. The number of hydrogen-bond acceptors (Lipinski definition) is 3. The summed E-state index contributed by atoms with van der Waals surface area (Å²) in [6.45, 7) is 4.22. The highest BCUT2D eigenvalue weighted by Gasteiger charge is 2.20. The van der Waals surface area contributed by atoms with E-state index in [2.05, 4.69) is 15.5 Å². The second-order valence-corrected chi connectivity index (χ2v) is 6.45. The highest BCUT2D eigenvalue weighted by atomic mass is 35.5. The fourth-order valence-corrected chi connectivity index (χ4v) is 2.97. The lowest BCUT2D eigenvalue weighted by Gasteiger charge is -2.31. The van der Waals surface area contributed by atoms with E-state index < -0.39 is 0 Å². The van der Waals surface area contributed by atoms with E-state index >= 15 is 0 Å². The Hall–Kier alpha value is -0.810. The molecule has 1 aromatic rings. The molecule has 1 aromatic carbocycles. The highest BCUT2D eigenvalue weighted by Crippen LogP contribution is 2.19. The molecule has 0 saturated carbocycles. The third-order valence-electron chi connectivity index (χ3n) is 4.28. The van der Waals surface area contributed by atoms with Gasteiger partial charge in [-0.2, -0.15) is 0 Å². The molecule has 23 heavy (non-hydrogen) atoms. The van der Waals surface area contributed by atoms with Gasteiger partial charge in [-0.15, -0.1) is 12.4 Å². The minimum Gasteiger partial charge on any atom is -0.351 e. The fraction of sp³-hybridized carbons (Fsp3) is 0.588. The minimum atomic E-state index is 0. The summed E-state index contributed by atoms with van der Waals surface area (Å²) < 4.78 is 0. The van der Waals surface area contributed by atoms with Crippen LogP contribution in [0.3, 0.4) is 0 Å². The van der Waals surface area contributed by atoms with E-state index in [4.69, 9.17) is 11.6 Å². The number of carbonyl (C=O) groups is 1. The van der Waals surface area contributed by atoms with Crippen LogP contribution in [-0.2, 0) is 11.3 Å². The van der Waals surface area contributed by atoms with Crippen molar-refractivity contribution in [1.82, 2.24) is 15.5 Å². The molecule has 0 atom stereocenters. The Labute approximate surface area is 150 Å². The summed E-state index contributed by atoms with van der Waals surface area (Å²) in [5, 5.41) is 6.90. The van der Waals surface area contributed by atoms with E-state index in [-0.39, 0.29) is 18.3 Å². The van der Waals surface area contributed by atoms with Gasteiger partial charge in [0, 0.05) is 11.6 Å².